The number of hydrogen-bond acceptors (Lipinski definition) is 6. The highest BCUT2D eigenvalue weighted by atomic mass is 35.5. The summed E-state index contributed by atoms with van der Waals surface area (Å²) in [7, 11) is 0. The van der Waals surface area contributed by atoms with Crippen LogP contribution in [0.3, 0.4) is 0 Å². The van der Waals surface area contributed by atoms with Crippen molar-refractivity contribution in [2.45, 2.75) is 58.1 Å². The minimum absolute atomic E-state index is 0.0731. The lowest BCUT2D eigenvalue weighted by Crippen LogP contribution is -2.39. The number of allylic oxidation sites excluding steroid dienone is 1. The largest absolute Gasteiger partial charge is 0.490 e. The molecule has 0 aliphatic carbocycles. The highest BCUT2D eigenvalue weighted by Gasteiger charge is 2.25. The van der Waals surface area contributed by atoms with Gasteiger partial charge in [0.05, 0.1) is 30.2 Å². The number of rotatable bonds is 11. The maximum Gasteiger partial charge on any atom is 0.328 e. The van der Waals surface area contributed by atoms with Crippen LogP contribution >= 0.6 is 11.6 Å². The number of halogens is 2. The Bertz CT molecular complexity index is 1680. The third-order valence-corrected chi connectivity index (χ3v) is 8.45. The van der Waals surface area contributed by atoms with Crippen LogP contribution in [-0.4, -0.2) is 57.4 Å². The molecule has 1 N–H and O–H groups in total. The summed E-state index contributed by atoms with van der Waals surface area (Å²) in [6.07, 6.45) is 4.23. The first kappa shape index (κ1) is 30.1. The van der Waals surface area contributed by atoms with Gasteiger partial charge in [-0.1, -0.05) is 29.8 Å². The molecule has 1 aromatic heterocycles. The number of fused-ring (bicyclic) bond motifs is 1. The Hall–Kier alpha value is -3.92. The second-order valence-corrected chi connectivity index (χ2v) is 11.8. The second kappa shape index (κ2) is 13.4. The molecule has 10 heteroatoms. The number of hydrogen-bond donors (Lipinski definition) is 1. The van der Waals surface area contributed by atoms with E-state index in [1.807, 2.05) is 49.4 Å². The monoisotopic (exact) mass is 619 g/mol. The van der Waals surface area contributed by atoms with Gasteiger partial charge in [0.15, 0.2) is 0 Å². The van der Waals surface area contributed by atoms with E-state index in [9.17, 15) is 14.3 Å². The van der Waals surface area contributed by atoms with E-state index in [-0.39, 0.29) is 18.8 Å². The quantitative estimate of drug-likeness (QED) is 0.186. The van der Waals surface area contributed by atoms with Crippen LogP contribution in [0.4, 0.5) is 4.39 Å². The van der Waals surface area contributed by atoms with Gasteiger partial charge in [0, 0.05) is 42.4 Å². The number of carboxylic acid groups (broad SMARTS) is 1. The van der Waals surface area contributed by atoms with Crippen LogP contribution < -0.4 is 9.47 Å². The van der Waals surface area contributed by atoms with Crippen LogP contribution in [0.2, 0.25) is 5.02 Å². The van der Waals surface area contributed by atoms with Crippen molar-refractivity contribution in [2.75, 3.05) is 19.7 Å². The molecule has 3 aromatic carbocycles. The predicted molar refractivity (Wildman–Crippen MR) is 166 cm³/mol. The van der Waals surface area contributed by atoms with Crippen molar-refractivity contribution in [3.8, 4) is 11.5 Å². The minimum atomic E-state index is -0.959. The van der Waals surface area contributed by atoms with Crippen molar-refractivity contribution >= 4 is 34.2 Å². The normalized spacial score (nSPS) is 17.9. The van der Waals surface area contributed by atoms with Gasteiger partial charge in [-0.05, 0) is 73.7 Å². The summed E-state index contributed by atoms with van der Waals surface area (Å²) >= 11 is 5.85. The highest BCUT2D eigenvalue weighted by Crippen LogP contribution is 2.28. The molecule has 2 saturated heterocycles. The second-order valence-electron chi connectivity index (χ2n) is 11.4. The van der Waals surface area contributed by atoms with E-state index in [2.05, 4.69) is 9.47 Å². The molecule has 0 amide bonds. The smallest absolute Gasteiger partial charge is 0.328 e. The molecule has 44 heavy (non-hydrogen) atoms. The van der Waals surface area contributed by atoms with Gasteiger partial charge in [-0.3, -0.25) is 4.90 Å². The average Bonchev–Trinajstić information content (AvgIpc) is 3.31. The molecule has 4 aromatic rings. The molecule has 0 unspecified atom stereocenters. The van der Waals surface area contributed by atoms with E-state index in [0.29, 0.717) is 28.5 Å². The summed E-state index contributed by atoms with van der Waals surface area (Å²) in [5.41, 5.74) is 3.89. The Morgan fingerprint density at radius 3 is 2.64 bits per heavy atom. The van der Waals surface area contributed by atoms with Crippen LogP contribution in [0.5, 0.6) is 11.5 Å². The number of aliphatic carboxylic acids is 1. The molecule has 0 radical (unpaired) electrons. The summed E-state index contributed by atoms with van der Waals surface area (Å²) in [6.45, 7) is 5.85. The van der Waals surface area contributed by atoms with Crippen LogP contribution in [0.25, 0.3) is 16.6 Å². The number of likely N-dealkylation sites (tertiary alicyclic amines) is 1. The number of aromatic nitrogens is 2. The predicted octanol–water partition coefficient (Wildman–Crippen LogP) is 6.73. The maximum absolute atomic E-state index is 14.1. The fraction of sp³-hybridized carbons (Fsp3) is 0.353. The molecular formula is C34H35ClFN3O5. The summed E-state index contributed by atoms with van der Waals surface area (Å²) in [4.78, 5) is 18.6. The third-order valence-electron chi connectivity index (χ3n) is 8.22. The Kier molecular flexibility index (Phi) is 9.16. The Morgan fingerprint density at radius 2 is 1.91 bits per heavy atom. The number of imidazole rings is 1. The molecule has 0 saturated carbocycles. The number of ether oxygens (including phenoxy) is 3. The maximum atomic E-state index is 14.1. The average molecular weight is 620 g/mol. The number of nitrogens with zero attached hydrogens (tertiary/aromatic N) is 3. The Balaban J connectivity index is 1.08. The fourth-order valence-electron chi connectivity index (χ4n) is 5.66. The first-order valence-corrected chi connectivity index (χ1v) is 15.3. The van der Waals surface area contributed by atoms with E-state index in [1.54, 1.807) is 12.1 Å². The van der Waals surface area contributed by atoms with Crippen molar-refractivity contribution in [3.05, 3.63) is 94.5 Å². The van der Waals surface area contributed by atoms with E-state index < -0.39 is 11.8 Å². The molecule has 230 valence electrons. The summed E-state index contributed by atoms with van der Waals surface area (Å²) < 4.78 is 34.2. The first-order chi connectivity index (χ1) is 21.3. The van der Waals surface area contributed by atoms with Crippen LogP contribution in [-0.2, 0) is 29.2 Å². The molecule has 2 fully saturated rings. The number of benzene rings is 3. The topological polar surface area (TPSA) is 86.0 Å². The Labute approximate surface area is 260 Å². The molecule has 0 spiro atoms. The fourth-order valence-corrected chi connectivity index (χ4v) is 5.82. The van der Waals surface area contributed by atoms with Gasteiger partial charge < -0.3 is 23.9 Å². The van der Waals surface area contributed by atoms with Crippen molar-refractivity contribution in [2.24, 2.45) is 0 Å². The summed E-state index contributed by atoms with van der Waals surface area (Å²) in [5, 5.41) is 9.56. The van der Waals surface area contributed by atoms with Crippen molar-refractivity contribution in [3.63, 3.8) is 0 Å². The summed E-state index contributed by atoms with van der Waals surface area (Å²) in [6, 6.07) is 17.9. The van der Waals surface area contributed by atoms with Crippen LogP contribution in [0.15, 0.2) is 66.7 Å². The zero-order valence-corrected chi connectivity index (χ0v) is 25.3. The molecule has 8 nitrogen and oxygen atoms in total. The zero-order valence-electron chi connectivity index (χ0n) is 24.5. The zero-order chi connectivity index (χ0) is 30.6. The third kappa shape index (κ3) is 7.23. The van der Waals surface area contributed by atoms with E-state index in [4.69, 9.17) is 30.8 Å². The number of piperidine rings is 1. The lowest BCUT2D eigenvalue weighted by molar-refractivity contribution is -0.131. The Morgan fingerprint density at radius 1 is 1.11 bits per heavy atom. The van der Waals surface area contributed by atoms with E-state index in [1.165, 1.54) is 12.1 Å². The standard InChI is InChI=1S/C34H35ClFN3O5/c1-22(15-34(40)41)23-6-8-31-32(16-23)39(19-29-11-14-42-29)33(37-31)20-38-12-9-26(10-13-38)44-28-4-2-3-27(18-28)43-21-24-5-7-25(35)17-30(24)36/h2-8,15-18,26,29H,9-14,19-21H2,1H3,(H,40,41)/b22-15+/t29-/m0/s1. The number of carbonyl (C=O) groups is 1. The van der Waals surface area contributed by atoms with Crippen molar-refractivity contribution in [1.29, 1.82) is 0 Å². The molecule has 2 aliphatic heterocycles. The summed E-state index contributed by atoms with van der Waals surface area (Å²) in [5.74, 6) is 0.965. The number of carboxylic acids is 1. The molecule has 2 aliphatic rings. The van der Waals surface area contributed by atoms with Gasteiger partial charge >= 0.3 is 5.97 Å². The van der Waals surface area contributed by atoms with Gasteiger partial charge in [-0.25, -0.2) is 14.2 Å². The van der Waals surface area contributed by atoms with Gasteiger partial charge in [0.1, 0.15) is 35.9 Å². The van der Waals surface area contributed by atoms with Crippen molar-refractivity contribution in [1.82, 2.24) is 14.5 Å². The minimum Gasteiger partial charge on any atom is -0.490 e. The first-order valence-electron chi connectivity index (χ1n) is 14.9. The lowest BCUT2D eigenvalue weighted by Gasteiger charge is -2.32. The van der Waals surface area contributed by atoms with Crippen molar-refractivity contribution < 1.29 is 28.5 Å². The molecule has 1 atom stereocenters. The van der Waals surface area contributed by atoms with Gasteiger partial charge in [-0.2, -0.15) is 0 Å². The molecule has 0 bridgehead atoms. The lowest BCUT2D eigenvalue weighted by atomic mass is 10.1. The van der Waals surface area contributed by atoms with Crippen LogP contribution in [0.1, 0.15) is 43.1 Å². The van der Waals surface area contributed by atoms with E-state index in [0.717, 1.165) is 73.7 Å². The van der Waals surface area contributed by atoms with Gasteiger partial charge in [-0.15, -0.1) is 0 Å². The molecule has 6 rings (SSSR count). The van der Waals surface area contributed by atoms with Crippen LogP contribution in [0, 0.1) is 5.82 Å². The molecule has 3 heterocycles. The highest BCUT2D eigenvalue weighted by molar-refractivity contribution is 6.30. The SMILES string of the molecule is C/C(=C\C(=O)O)c1ccc2nc(CN3CCC(Oc4cccc(OCc5ccc(Cl)cc5F)c4)CC3)n(C[C@@H]3CCO3)c2c1. The van der Waals surface area contributed by atoms with Gasteiger partial charge in [0.2, 0.25) is 0 Å². The van der Waals surface area contributed by atoms with E-state index >= 15 is 0 Å². The van der Waals surface area contributed by atoms with Gasteiger partial charge in [0.25, 0.3) is 0 Å². The molecular weight excluding hydrogens is 585 g/mol.